The Morgan fingerprint density at radius 2 is 2.10 bits per heavy atom. The van der Waals surface area contributed by atoms with Crippen LogP contribution in [0.3, 0.4) is 0 Å². The van der Waals surface area contributed by atoms with Crippen LogP contribution in [0.5, 0.6) is 0 Å². The van der Waals surface area contributed by atoms with E-state index >= 15 is 0 Å². The Labute approximate surface area is 129 Å². The third-order valence-electron chi connectivity index (χ3n) is 3.67. The van der Waals surface area contributed by atoms with Crippen molar-refractivity contribution >= 4 is 21.8 Å². The number of likely N-dealkylation sites (tertiary alicyclic amines) is 1. The summed E-state index contributed by atoms with van der Waals surface area (Å²) in [5.41, 5.74) is 1.34. The SMILES string of the molecule is O=C(CCCCBr)NC1CCN(Cc2ccccc2)C1. The van der Waals surface area contributed by atoms with Crippen molar-refractivity contribution in [3.05, 3.63) is 35.9 Å². The molecule has 1 aliphatic heterocycles. The number of hydrogen-bond acceptors (Lipinski definition) is 2. The van der Waals surface area contributed by atoms with Crippen LogP contribution in [0.1, 0.15) is 31.2 Å². The van der Waals surface area contributed by atoms with Gasteiger partial charge < -0.3 is 5.32 Å². The Bertz CT molecular complexity index is 410. The second-order valence-corrected chi connectivity index (χ2v) is 6.21. The molecule has 1 fully saturated rings. The summed E-state index contributed by atoms with van der Waals surface area (Å²) in [6.07, 6.45) is 3.76. The average molecular weight is 339 g/mol. The Morgan fingerprint density at radius 1 is 1.30 bits per heavy atom. The van der Waals surface area contributed by atoms with E-state index in [1.165, 1.54) is 5.56 Å². The summed E-state index contributed by atoms with van der Waals surface area (Å²) in [6.45, 7) is 3.02. The van der Waals surface area contributed by atoms with E-state index < -0.39 is 0 Å². The molecule has 0 saturated carbocycles. The summed E-state index contributed by atoms with van der Waals surface area (Å²) in [4.78, 5) is 14.2. The average Bonchev–Trinajstić information content (AvgIpc) is 2.87. The number of benzene rings is 1. The lowest BCUT2D eigenvalue weighted by Crippen LogP contribution is -2.36. The van der Waals surface area contributed by atoms with Gasteiger partial charge in [-0.15, -0.1) is 0 Å². The van der Waals surface area contributed by atoms with Crippen molar-refractivity contribution in [3.8, 4) is 0 Å². The molecule has 1 amide bonds. The Morgan fingerprint density at radius 3 is 2.85 bits per heavy atom. The summed E-state index contributed by atoms with van der Waals surface area (Å²) in [6, 6.07) is 10.8. The summed E-state index contributed by atoms with van der Waals surface area (Å²) in [5.74, 6) is 0.206. The molecule has 1 saturated heterocycles. The van der Waals surface area contributed by atoms with E-state index in [0.717, 1.165) is 44.2 Å². The molecule has 2 rings (SSSR count). The fourth-order valence-electron chi connectivity index (χ4n) is 2.62. The molecule has 0 bridgehead atoms. The minimum atomic E-state index is 0.206. The highest BCUT2D eigenvalue weighted by molar-refractivity contribution is 9.09. The second kappa shape index (κ2) is 8.42. The van der Waals surface area contributed by atoms with Gasteiger partial charge in [0.05, 0.1) is 0 Å². The van der Waals surface area contributed by atoms with Gasteiger partial charge in [-0.3, -0.25) is 9.69 Å². The quantitative estimate of drug-likeness (QED) is 0.612. The lowest BCUT2D eigenvalue weighted by molar-refractivity contribution is -0.121. The number of alkyl halides is 1. The first-order valence-electron chi connectivity index (χ1n) is 7.39. The van der Waals surface area contributed by atoms with Crippen molar-refractivity contribution in [2.75, 3.05) is 18.4 Å². The summed E-state index contributed by atoms with van der Waals surface area (Å²) in [5, 5.41) is 4.14. The normalized spacial score (nSPS) is 19.1. The van der Waals surface area contributed by atoms with Gasteiger partial charge >= 0.3 is 0 Å². The van der Waals surface area contributed by atoms with Crippen LogP contribution in [0.25, 0.3) is 0 Å². The number of halogens is 1. The summed E-state index contributed by atoms with van der Waals surface area (Å²) < 4.78 is 0. The Balaban J connectivity index is 1.68. The molecule has 4 heteroatoms. The molecule has 1 unspecified atom stereocenters. The standard InChI is InChI=1S/C16H23BrN2O/c17-10-5-4-8-16(20)18-15-9-11-19(13-15)12-14-6-2-1-3-7-14/h1-3,6-7,15H,4-5,8-13H2,(H,18,20). The molecule has 0 radical (unpaired) electrons. The number of carbonyl (C=O) groups is 1. The molecule has 1 N–H and O–H groups in total. The van der Waals surface area contributed by atoms with Crippen LogP contribution in [0.4, 0.5) is 0 Å². The number of amides is 1. The maximum absolute atomic E-state index is 11.8. The predicted octanol–water partition coefficient (Wildman–Crippen LogP) is 2.94. The van der Waals surface area contributed by atoms with Crippen LogP contribution in [0.2, 0.25) is 0 Å². The fraction of sp³-hybridized carbons (Fsp3) is 0.562. The topological polar surface area (TPSA) is 32.3 Å². The highest BCUT2D eigenvalue weighted by Gasteiger charge is 2.23. The highest BCUT2D eigenvalue weighted by atomic mass is 79.9. The molecule has 1 atom stereocenters. The van der Waals surface area contributed by atoms with Gasteiger partial charge in [-0.05, 0) is 24.8 Å². The van der Waals surface area contributed by atoms with Crippen molar-refractivity contribution in [1.29, 1.82) is 0 Å². The molecule has 1 aromatic carbocycles. The van der Waals surface area contributed by atoms with Crippen LogP contribution >= 0.6 is 15.9 Å². The lowest BCUT2D eigenvalue weighted by atomic mass is 10.2. The van der Waals surface area contributed by atoms with E-state index in [4.69, 9.17) is 0 Å². The molecule has 1 heterocycles. The van der Waals surface area contributed by atoms with Gasteiger partial charge in [-0.1, -0.05) is 46.3 Å². The van der Waals surface area contributed by atoms with Crippen molar-refractivity contribution in [1.82, 2.24) is 10.2 Å². The Kier molecular flexibility index (Phi) is 6.54. The van der Waals surface area contributed by atoms with Gasteiger partial charge in [-0.25, -0.2) is 0 Å². The van der Waals surface area contributed by atoms with Crippen LogP contribution in [-0.2, 0) is 11.3 Å². The van der Waals surface area contributed by atoms with E-state index in [2.05, 4.69) is 50.4 Å². The number of nitrogens with one attached hydrogen (secondary N) is 1. The zero-order valence-electron chi connectivity index (χ0n) is 11.9. The second-order valence-electron chi connectivity index (χ2n) is 5.42. The molecule has 1 aromatic rings. The maximum atomic E-state index is 11.8. The van der Waals surface area contributed by atoms with Crippen molar-refractivity contribution in [2.24, 2.45) is 0 Å². The van der Waals surface area contributed by atoms with Crippen LogP contribution in [-0.4, -0.2) is 35.3 Å². The van der Waals surface area contributed by atoms with E-state index in [1.807, 2.05) is 6.07 Å². The number of rotatable bonds is 7. The first-order chi connectivity index (χ1) is 9.78. The number of unbranched alkanes of at least 4 members (excludes halogenated alkanes) is 1. The van der Waals surface area contributed by atoms with Gasteiger partial charge in [0.1, 0.15) is 0 Å². The predicted molar refractivity (Wildman–Crippen MR) is 85.9 cm³/mol. The molecule has 0 aliphatic carbocycles. The fourth-order valence-corrected chi connectivity index (χ4v) is 3.01. The summed E-state index contributed by atoms with van der Waals surface area (Å²) in [7, 11) is 0. The van der Waals surface area contributed by atoms with Gasteiger partial charge in [-0.2, -0.15) is 0 Å². The van der Waals surface area contributed by atoms with Gasteiger partial charge in [0.2, 0.25) is 5.91 Å². The molecule has 3 nitrogen and oxygen atoms in total. The van der Waals surface area contributed by atoms with Gasteiger partial charge in [0.15, 0.2) is 0 Å². The smallest absolute Gasteiger partial charge is 0.220 e. The minimum Gasteiger partial charge on any atom is -0.352 e. The molecule has 1 aliphatic rings. The van der Waals surface area contributed by atoms with E-state index in [0.29, 0.717) is 12.5 Å². The van der Waals surface area contributed by atoms with Crippen LogP contribution in [0, 0.1) is 0 Å². The number of carbonyl (C=O) groups excluding carboxylic acids is 1. The lowest BCUT2D eigenvalue weighted by Gasteiger charge is -2.16. The largest absolute Gasteiger partial charge is 0.352 e. The monoisotopic (exact) mass is 338 g/mol. The van der Waals surface area contributed by atoms with Crippen LogP contribution < -0.4 is 5.32 Å². The number of nitrogens with zero attached hydrogens (tertiary/aromatic N) is 1. The summed E-state index contributed by atoms with van der Waals surface area (Å²) >= 11 is 3.39. The molecule has 0 aromatic heterocycles. The highest BCUT2D eigenvalue weighted by Crippen LogP contribution is 2.13. The van der Waals surface area contributed by atoms with Crippen molar-refractivity contribution in [3.63, 3.8) is 0 Å². The van der Waals surface area contributed by atoms with E-state index in [-0.39, 0.29) is 5.91 Å². The van der Waals surface area contributed by atoms with Crippen molar-refractivity contribution in [2.45, 2.75) is 38.3 Å². The van der Waals surface area contributed by atoms with Gasteiger partial charge in [0, 0.05) is 37.4 Å². The molecule has 20 heavy (non-hydrogen) atoms. The van der Waals surface area contributed by atoms with E-state index in [9.17, 15) is 4.79 Å². The Hall–Kier alpha value is -0.870. The third-order valence-corrected chi connectivity index (χ3v) is 4.23. The maximum Gasteiger partial charge on any atom is 0.220 e. The first kappa shape index (κ1) is 15.5. The third kappa shape index (κ3) is 5.25. The minimum absolute atomic E-state index is 0.206. The molecular formula is C16H23BrN2O. The van der Waals surface area contributed by atoms with Crippen molar-refractivity contribution < 1.29 is 4.79 Å². The van der Waals surface area contributed by atoms with E-state index in [1.54, 1.807) is 0 Å². The molecule has 110 valence electrons. The molecular weight excluding hydrogens is 316 g/mol. The first-order valence-corrected chi connectivity index (χ1v) is 8.51. The van der Waals surface area contributed by atoms with Crippen LogP contribution in [0.15, 0.2) is 30.3 Å². The molecule has 0 spiro atoms. The zero-order chi connectivity index (χ0) is 14.2. The number of hydrogen-bond donors (Lipinski definition) is 1. The van der Waals surface area contributed by atoms with Gasteiger partial charge in [0.25, 0.3) is 0 Å². The zero-order valence-corrected chi connectivity index (χ0v) is 13.4.